The summed E-state index contributed by atoms with van der Waals surface area (Å²) < 4.78 is 4.18. The summed E-state index contributed by atoms with van der Waals surface area (Å²) in [5.74, 6) is 0. The van der Waals surface area contributed by atoms with E-state index < -0.39 is 0 Å². The molecule has 0 N–H and O–H groups in total. The van der Waals surface area contributed by atoms with Crippen molar-refractivity contribution < 1.29 is 9.50 Å². The van der Waals surface area contributed by atoms with Gasteiger partial charge in [-0.1, -0.05) is 12.1 Å². The van der Waals surface area contributed by atoms with E-state index in [9.17, 15) is 10.1 Å². The molecule has 2 aromatic carbocycles. The van der Waals surface area contributed by atoms with Gasteiger partial charge in [-0.15, -0.1) is 0 Å². The molecular weight excluding hydrogens is 266 g/mol. The molecule has 0 aliphatic carbocycles. The maximum absolute atomic E-state index is 10.9. The van der Waals surface area contributed by atoms with Crippen molar-refractivity contribution in [3.8, 4) is 0 Å². The first-order valence-electron chi connectivity index (χ1n) is 6.66. The molecule has 0 bridgehead atoms. The van der Waals surface area contributed by atoms with E-state index in [-0.39, 0.29) is 10.6 Å². The molecule has 21 heavy (non-hydrogen) atoms. The lowest BCUT2D eigenvalue weighted by Crippen LogP contribution is -2.18. The number of nitro benzene ring substituents is 1. The van der Waals surface area contributed by atoms with Crippen LogP contribution in [0.2, 0.25) is 0 Å². The topological polar surface area (TPSA) is 51.1 Å². The van der Waals surface area contributed by atoms with E-state index in [1.807, 2.05) is 29.1 Å². The van der Waals surface area contributed by atoms with Gasteiger partial charge in [-0.3, -0.25) is 14.7 Å². The molecule has 0 saturated heterocycles. The molecule has 1 aliphatic rings. The summed E-state index contributed by atoms with van der Waals surface area (Å²) in [6, 6.07) is 15.0. The monoisotopic (exact) mass is 278 g/mol. The first-order valence-corrected chi connectivity index (χ1v) is 6.66. The third kappa shape index (κ3) is 1.82. The third-order valence-corrected chi connectivity index (χ3v) is 3.79. The summed E-state index contributed by atoms with van der Waals surface area (Å²) in [7, 11) is 0. The van der Waals surface area contributed by atoms with Gasteiger partial charge in [-0.05, 0) is 18.2 Å². The van der Waals surface area contributed by atoms with Crippen LogP contribution in [0.15, 0.2) is 54.7 Å². The summed E-state index contributed by atoms with van der Waals surface area (Å²) in [6.45, 7) is 0.654. The highest BCUT2D eigenvalue weighted by Gasteiger charge is 2.21. The maximum Gasteiger partial charge on any atom is 0.276 e. The first-order chi connectivity index (χ1) is 10.2. The van der Waals surface area contributed by atoms with Crippen molar-refractivity contribution in [3.63, 3.8) is 0 Å². The van der Waals surface area contributed by atoms with Crippen LogP contribution < -0.4 is 0 Å². The zero-order valence-corrected chi connectivity index (χ0v) is 11.1. The number of para-hydroxylation sites is 1. The van der Waals surface area contributed by atoms with Gasteiger partial charge in [0, 0.05) is 23.7 Å². The van der Waals surface area contributed by atoms with Crippen LogP contribution >= 0.6 is 0 Å². The van der Waals surface area contributed by atoms with Crippen LogP contribution in [0.4, 0.5) is 11.4 Å². The van der Waals surface area contributed by atoms with E-state index in [1.54, 1.807) is 12.1 Å². The number of nitrogens with zero attached hydrogens (tertiary/aromatic N) is 3. The maximum atomic E-state index is 10.9. The normalized spacial score (nSPS) is 13.2. The lowest BCUT2D eigenvalue weighted by molar-refractivity contribution is -0.472. The number of non-ortho nitro benzene ring substituents is 1. The smallest absolute Gasteiger partial charge is 0.276 e. The van der Waals surface area contributed by atoms with Gasteiger partial charge in [-0.25, -0.2) is 0 Å². The van der Waals surface area contributed by atoms with Crippen LogP contribution in [0, 0.1) is 10.1 Å². The molecule has 0 spiro atoms. The van der Waals surface area contributed by atoms with E-state index in [4.69, 9.17) is 0 Å². The Morgan fingerprint density at radius 1 is 1.14 bits per heavy atom. The highest BCUT2D eigenvalue weighted by molar-refractivity contribution is 5.97. The molecule has 0 atom stereocenters. The Morgan fingerprint density at radius 3 is 2.86 bits per heavy atom. The average molecular weight is 278 g/mol. The largest absolute Gasteiger partial charge is 0.291 e. The quantitative estimate of drug-likeness (QED) is 0.410. The first kappa shape index (κ1) is 11.8. The van der Waals surface area contributed by atoms with Crippen molar-refractivity contribution in [1.29, 1.82) is 0 Å². The van der Waals surface area contributed by atoms with E-state index in [0.717, 1.165) is 11.3 Å². The highest BCUT2D eigenvalue weighted by atomic mass is 16.6. The Hall–Kier alpha value is -2.95. The number of nitro groups is 1. The van der Waals surface area contributed by atoms with Crippen molar-refractivity contribution >= 4 is 28.5 Å². The van der Waals surface area contributed by atoms with Gasteiger partial charge in [0.05, 0.1) is 22.1 Å². The number of aromatic nitrogens is 1. The highest BCUT2D eigenvalue weighted by Crippen LogP contribution is 2.26. The second-order valence-corrected chi connectivity index (χ2v) is 5.09. The molecule has 0 radical (unpaired) electrons. The minimum atomic E-state index is -0.366. The predicted molar refractivity (Wildman–Crippen MR) is 80.1 cm³/mol. The number of benzene rings is 2. The number of hydrogen-bond donors (Lipinski definition) is 0. The van der Waals surface area contributed by atoms with E-state index in [1.165, 1.54) is 17.0 Å². The van der Waals surface area contributed by atoms with Gasteiger partial charge < -0.3 is 0 Å². The van der Waals surface area contributed by atoms with Crippen molar-refractivity contribution in [1.82, 2.24) is 4.57 Å². The fourth-order valence-electron chi connectivity index (χ4n) is 2.83. The van der Waals surface area contributed by atoms with Gasteiger partial charge in [0.25, 0.3) is 5.69 Å². The van der Waals surface area contributed by atoms with E-state index in [2.05, 4.69) is 22.8 Å². The molecule has 1 aliphatic heterocycles. The zero-order chi connectivity index (χ0) is 14.4. The second kappa shape index (κ2) is 4.28. The summed E-state index contributed by atoms with van der Waals surface area (Å²) >= 11 is 0. The summed E-state index contributed by atoms with van der Waals surface area (Å²) in [5.41, 5.74) is 3.26. The van der Waals surface area contributed by atoms with Gasteiger partial charge in [0.2, 0.25) is 12.4 Å². The fourth-order valence-corrected chi connectivity index (χ4v) is 2.83. The summed E-state index contributed by atoms with van der Waals surface area (Å²) in [5, 5.41) is 12.1. The number of rotatable bonds is 2. The molecule has 0 unspecified atom stereocenters. The molecule has 5 nitrogen and oxygen atoms in total. The minimum absolute atomic E-state index is 0.109. The Bertz CT molecular complexity index is 909. The Kier molecular flexibility index (Phi) is 2.41. The Balaban J connectivity index is 1.86. The third-order valence-electron chi connectivity index (χ3n) is 3.79. The summed E-state index contributed by atoms with van der Waals surface area (Å²) in [4.78, 5) is 10.6. The van der Waals surface area contributed by atoms with Gasteiger partial charge in [0.15, 0.2) is 6.21 Å². The van der Waals surface area contributed by atoms with Crippen LogP contribution in [-0.4, -0.2) is 20.3 Å². The van der Waals surface area contributed by atoms with Gasteiger partial charge >= 0.3 is 0 Å². The minimum Gasteiger partial charge on any atom is -0.291 e. The van der Waals surface area contributed by atoms with Crippen LogP contribution in [0.5, 0.6) is 0 Å². The zero-order valence-electron chi connectivity index (χ0n) is 11.1. The van der Waals surface area contributed by atoms with Crippen LogP contribution in [0.1, 0.15) is 5.56 Å². The van der Waals surface area contributed by atoms with Gasteiger partial charge in [0.1, 0.15) is 0 Å². The molecule has 2 heterocycles. The van der Waals surface area contributed by atoms with Crippen molar-refractivity contribution in [2.45, 2.75) is 6.67 Å². The van der Waals surface area contributed by atoms with Gasteiger partial charge in [-0.2, -0.15) is 4.58 Å². The fraction of sp³-hybridized carbons (Fsp3) is 0.0625. The van der Waals surface area contributed by atoms with Crippen molar-refractivity contribution in [3.05, 3.63) is 70.4 Å². The molecule has 0 amide bonds. The molecule has 102 valence electrons. The second-order valence-electron chi connectivity index (χ2n) is 5.09. The lowest BCUT2D eigenvalue weighted by Gasteiger charge is -2.12. The van der Waals surface area contributed by atoms with Crippen LogP contribution in [0.25, 0.3) is 10.9 Å². The lowest BCUT2D eigenvalue weighted by atomic mass is 10.1. The van der Waals surface area contributed by atoms with Crippen molar-refractivity contribution in [2.75, 3.05) is 0 Å². The standard InChI is InChI=1S/C16H12N3O2/c20-19(21)15-6-2-5-14(9-15)18-10-13-4-1-3-12-7-8-17(11-18)16(12)13/h1-10H,11H2/q+1. The molecular formula is C16H12N3O2+. The molecule has 4 rings (SSSR count). The summed E-state index contributed by atoms with van der Waals surface area (Å²) in [6.07, 6.45) is 4.09. The molecule has 5 heteroatoms. The molecule has 0 fully saturated rings. The Morgan fingerprint density at radius 2 is 2.00 bits per heavy atom. The van der Waals surface area contributed by atoms with E-state index in [0.29, 0.717) is 6.67 Å². The predicted octanol–water partition coefficient (Wildman–Crippen LogP) is 3.28. The molecule has 3 aromatic rings. The van der Waals surface area contributed by atoms with Crippen LogP contribution in [0.3, 0.4) is 0 Å². The average Bonchev–Trinajstić information content (AvgIpc) is 2.92. The SMILES string of the molecule is O=[N+]([O-])c1cccc([N+]2=Cc3cccc4ccn(c34)C2)c1. The molecule has 0 saturated carbocycles. The van der Waals surface area contributed by atoms with E-state index >= 15 is 0 Å². The number of hydrogen-bond acceptors (Lipinski definition) is 2. The van der Waals surface area contributed by atoms with Crippen molar-refractivity contribution in [2.24, 2.45) is 0 Å². The Labute approximate surface area is 120 Å². The van der Waals surface area contributed by atoms with Crippen LogP contribution in [-0.2, 0) is 6.67 Å². The molecule has 1 aromatic heterocycles.